The topological polar surface area (TPSA) is 78.7 Å². The molecule has 1 aliphatic rings. The van der Waals surface area contributed by atoms with E-state index in [1.54, 1.807) is 11.3 Å². The normalized spacial score (nSPS) is 14.5. The minimum atomic E-state index is -0.0298. The Labute approximate surface area is 192 Å². The summed E-state index contributed by atoms with van der Waals surface area (Å²) in [5.41, 5.74) is 3.78. The van der Waals surface area contributed by atoms with Gasteiger partial charge in [-0.25, -0.2) is 4.98 Å². The third kappa shape index (κ3) is 5.08. The van der Waals surface area contributed by atoms with Gasteiger partial charge in [-0.1, -0.05) is 18.2 Å². The number of thiophene rings is 1. The van der Waals surface area contributed by atoms with E-state index in [-0.39, 0.29) is 18.2 Å². The van der Waals surface area contributed by atoms with Gasteiger partial charge in [0, 0.05) is 31.9 Å². The molecule has 3 heterocycles. The van der Waals surface area contributed by atoms with Gasteiger partial charge in [0.25, 0.3) is 0 Å². The predicted molar refractivity (Wildman–Crippen MR) is 126 cm³/mol. The summed E-state index contributed by atoms with van der Waals surface area (Å²) in [4.78, 5) is 34.7. The van der Waals surface area contributed by atoms with E-state index in [1.807, 2.05) is 61.4 Å². The molecule has 7 nitrogen and oxygen atoms in total. The van der Waals surface area contributed by atoms with Crippen LogP contribution in [0.3, 0.4) is 0 Å². The van der Waals surface area contributed by atoms with Crippen LogP contribution in [0.15, 0.2) is 40.1 Å². The Hall–Kier alpha value is -2.97. The number of rotatable bonds is 6. The van der Waals surface area contributed by atoms with Crippen LogP contribution in [0.4, 0.5) is 5.69 Å². The first kappa shape index (κ1) is 22.2. The molecule has 0 spiro atoms. The summed E-state index contributed by atoms with van der Waals surface area (Å²) < 4.78 is 5.75. The Bertz CT molecular complexity index is 1100. The second-order valence-corrected chi connectivity index (χ2v) is 9.08. The van der Waals surface area contributed by atoms with Crippen LogP contribution in [0.2, 0.25) is 0 Å². The number of carbonyl (C=O) groups is 2. The van der Waals surface area contributed by atoms with Gasteiger partial charge in [0.1, 0.15) is 5.76 Å². The summed E-state index contributed by atoms with van der Waals surface area (Å²) >= 11 is 1.56. The second-order valence-electron chi connectivity index (χ2n) is 8.13. The molecule has 2 amide bonds. The zero-order valence-electron chi connectivity index (χ0n) is 18.7. The van der Waals surface area contributed by atoms with Crippen molar-refractivity contribution in [3.63, 3.8) is 0 Å². The molecule has 4 rings (SSSR count). The number of anilines is 1. The second kappa shape index (κ2) is 9.67. The molecular weight excluding hydrogens is 424 g/mol. The van der Waals surface area contributed by atoms with Gasteiger partial charge >= 0.3 is 0 Å². The largest absolute Gasteiger partial charge is 0.440 e. The Balaban J connectivity index is 1.27. The first-order valence-corrected chi connectivity index (χ1v) is 11.6. The van der Waals surface area contributed by atoms with Gasteiger partial charge < -0.3 is 14.6 Å². The van der Waals surface area contributed by atoms with Gasteiger partial charge in [0.15, 0.2) is 0 Å². The van der Waals surface area contributed by atoms with E-state index in [4.69, 9.17) is 4.42 Å². The van der Waals surface area contributed by atoms with E-state index in [1.165, 1.54) is 0 Å². The van der Waals surface area contributed by atoms with Crippen molar-refractivity contribution in [3.05, 3.63) is 58.3 Å². The third-order valence-electron chi connectivity index (χ3n) is 5.91. The van der Waals surface area contributed by atoms with Crippen molar-refractivity contribution in [2.45, 2.75) is 27.2 Å². The molecule has 1 saturated heterocycles. The number of nitrogens with zero attached hydrogens (tertiary/aromatic N) is 3. The van der Waals surface area contributed by atoms with Crippen LogP contribution in [0.25, 0.3) is 10.8 Å². The fourth-order valence-electron chi connectivity index (χ4n) is 3.79. The summed E-state index contributed by atoms with van der Waals surface area (Å²) in [7, 11) is 0. The first-order chi connectivity index (χ1) is 15.4. The molecule has 8 heteroatoms. The molecule has 1 N–H and O–H groups in total. The number of aromatic nitrogens is 1. The van der Waals surface area contributed by atoms with Gasteiger partial charge in [-0.15, -0.1) is 11.3 Å². The number of piperazine rings is 1. The molecular formula is C24H28N4O3S. The summed E-state index contributed by atoms with van der Waals surface area (Å²) in [6.45, 7) is 8.75. The van der Waals surface area contributed by atoms with Crippen molar-refractivity contribution in [2.24, 2.45) is 0 Å². The lowest BCUT2D eigenvalue weighted by Crippen LogP contribution is -2.50. The van der Waals surface area contributed by atoms with Crippen molar-refractivity contribution >= 4 is 28.8 Å². The average Bonchev–Trinajstić information content (AvgIpc) is 3.42. The van der Waals surface area contributed by atoms with Gasteiger partial charge in [0.05, 0.1) is 23.5 Å². The van der Waals surface area contributed by atoms with Crippen LogP contribution >= 0.6 is 11.3 Å². The maximum Gasteiger partial charge on any atom is 0.238 e. The average molecular weight is 453 g/mol. The Morgan fingerprint density at radius 3 is 2.59 bits per heavy atom. The summed E-state index contributed by atoms with van der Waals surface area (Å²) in [5.74, 6) is 1.26. The van der Waals surface area contributed by atoms with Crippen LogP contribution in [0.5, 0.6) is 0 Å². The molecule has 0 saturated carbocycles. The fourth-order valence-corrected chi connectivity index (χ4v) is 4.44. The molecule has 0 aliphatic carbocycles. The molecule has 168 valence electrons. The minimum absolute atomic E-state index is 0.0298. The molecule has 1 aliphatic heterocycles. The highest BCUT2D eigenvalue weighted by molar-refractivity contribution is 7.13. The summed E-state index contributed by atoms with van der Waals surface area (Å²) in [6, 6.07) is 9.81. The van der Waals surface area contributed by atoms with E-state index in [9.17, 15) is 9.59 Å². The SMILES string of the molecule is Cc1cccc(NC(=O)CN2CCN(C(=O)Cc3nc(-c4cccs4)oc3C)CC2)c1C. The van der Waals surface area contributed by atoms with Crippen molar-refractivity contribution in [3.8, 4) is 10.8 Å². The van der Waals surface area contributed by atoms with E-state index in [0.717, 1.165) is 21.7 Å². The predicted octanol–water partition coefficient (Wildman–Crippen LogP) is 3.65. The molecule has 0 unspecified atom stereocenters. The van der Waals surface area contributed by atoms with E-state index in [2.05, 4.69) is 15.2 Å². The monoisotopic (exact) mass is 452 g/mol. The number of hydrogen-bond acceptors (Lipinski definition) is 6. The van der Waals surface area contributed by atoms with Crippen molar-refractivity contribution < 1.29 is 14.0 Å². The zero-order valence-corrected chi connectivity index (χ0v) is 19.5. The third-order valence-corrected chi connectivity index (χ3v) is 6.77. The van der Waals surface area contributed by atoms with Crippen LogP contribution in [0, 0.1) is 20.8 Å². The van der Waals surface area contributed by atoms with Gasteiger partial charge in [-0.05, 0) is 49.4 Å². The molecule has 3 aromatic rings. The molecule has 0 radical (unpaired) electrons. The van der Waals surface area contributed by atoms with E-state index >= 15 is 0 Å². The number of hydrogen-bond donors (Lipinski definition) is 1. The lowest BCUT2D eigenvalue weighted by Gasteiger charge is -2.34. The molecule has 2 aromatic heterocycles. The highest BCUT2D eigenvalue weighted by Gasteiger charge is 2.24. The molecule has 32 heavy (non-hydrogen) atoms. The number of amides is 2. The van der Waals surface area contributed by atoms with Gasteiger partial charge in [-0.2, -0.15) is 0 Å². The minimum Gasteiger partial charge on any atom is -0.440 e. The van der Waals surface area contributed by atoms with Crippen molar-refractivity contribution in [1.29, 1.82) is 0 Å². The summed E-state index contributed by atoms with van der Waals surface area (Å²) in [6.07, 6.45) is 0.230. The number of aryl methyl sites for hydroxylation is 2. The smallest absolute Gasteiger partial charge is 0.238 e. The van der Waals surface area contributed by atoms with Crippen molar-refractivity contribution in [2.75, 3.05) is 38.0 Å². The molecule has 1 fully saturated rings. The summed E-state index contributed by atoms with van der Waals surface area (Å²) in [5, 5.41) is 4.98. The molecule has 0 bridgehead atoms. The Kier molecular flexibility index (Phi) is 6.72. The van der Waals surface area contributed by atoms with E-state index in [0.29, 0.717) is 50.1 Å². The quantitative estimate of drug-likeness (QED) is 0.618. The van der Waals surface area contributed by atoms with Gasteiger partial charge in [-0.3, -0.25) is 14.5 Å². The molecule has 0 atom stereocenters. The number of carbonyl (C=O) groups excluding carboxylic acids is 2. The lowest BCUT2D eigenvalue weighted by atomic mass is 10.1. The highest BCUT2D eigenvalue weighted by atomic mass is 32.1. The standard InChI is InChI=1S/C24H28N4O3S/c1-16-6-4-7-19(17(16)2)25-22(29)15-27-9-11-28(12-10-27)23(30)14-20-18(3)31-24(26-20)21-8-5-13-32-21/h4-8,13H,9-12,14-15H2,1-3H3,(H,25,29). The number of oxazole rings is 1. The van der Waals surface area contributed by atoms with Crippen LogP contribution in [0.1, 0.15) is 22.6 Å². The zero-order chi connectivity index (χ0) is 22.7. The van der Waals surface area contributed by atoms with Crippen molar-refractivity contribution in [1.82, 2.24) is 14.8 Å². The first-order valence-electron chi connectivity index (χ1n) is 10.8. The van der Waals surface area contributed by atoms with Crippen LogP contribution in [-0.4, -0.2) is 59.3 Å². The number of nitrogens with one attached hydrogen (secondary N) is 1. The maximum atomic E-state index is 12.8. The Morgan fingerprint density at radius 1 is 1.09 bits per heavy atom. The highest BCUT2D eigenvalue weighted by Crippen LogP contribution is 2.26. The maximum absolute atomic E-state index is 12.8. The lowest BCUT2D eigenvalue weighted by molar-refractivity contribution is -0.132. The Morgan fingerprint density at radius 2 is 1.88 bits per heavy atom. The van der Waals surface area contributed by atoms with Crippen LogP contribution < -0.4 is 5.32 Å². The van der Waals surface area contributed by atoms with Crippen LogP contribution in [-0.2, 0) is 16.0 Å². The van der Waals surface area contributed by atoms with Gasteiger partial charge in [0.2, 0.25) is 17.7 Å². The fraction of sp³-hybridized carbons (Fsp3) is 0.375. The molecule has 1 aromatic carbocycles. The number of benzene rings is 1. The van der Waals surface area contributed by atoms with E-state index < -0.39 is 0 Å².